The average molecular weight is 399 g/mol. The van der Waals surface area contributed by atoms with E-state index in [1.54, 1.807) is 13.8 Å². The standard InChI is InChI=1S/C25H34O4/c1-15(2)23(28)29-22(14-26)21-8-7-19-18-6-5-16-13-17(27)9-11-24(16,3)20(18)10-12-25(19,21)4/h13-15,18-20H,5-12H2,1-4H3/t18-,19-,20-,24-,25-/m0/s1. The molecule has 4 rings (SSSR count). The molecule has 0 radical (unpaired) electrons. The van der Waals surface area contributed by atoms with Crippen LogP contribution in [0.2, 0.25) is 0 Å². The largest absolute Gasteiger partial charge is 0.423 e. The van der Waals surface area contributed by atoms with E-state index in [0.717, 1.165) is 56.8 Å². The molecule has 4 aliphatic rings. The van der Waals surface area contributed by atoms with Crippen LogP contribution in [0.15, 0.2) is 23.0 Å². The van der Waals surface area contributed by atoms with E-state index in [9.17, 15) is 14.4 Å². The van der Waals surface area contributed by atoms with Gasteiger partial charge >= 0.3 is 5.97 Å². The summed E-state index contributed by atoms with van der Waals surface area (Å²) in [7, 11) is 0. The SMILES string of the molecule is CC(C)C(=O)OC(C=O)=C1CC[C@H]2[C@@H]3CCC4=CC(=O)CC[C@]4(C)[C@H]3CC[C@]12C. The van der Waals surface area contributed by atoms with Crippen LogP contribution < -0.4 is 0 Å². The average Bonchev–Trinajstić information content (AvgIpc) is 3.03. The molecule has 0 bridgehead atoms. The topological polar surface area (TPSA) is 60.4 Å². The summed E-state index contributed by atoms with van der Waals surface area (Å²) in [6.45, 7) is 8.27. The van der Waals surface area contributed by atoms with Crippen LogP contribution in [-0.2, 0) is 19.1 Å². The van der Waals surface area contributed by atoms with Crippen molar-refractivity contribution >= 4 is 18.0 Å². The first-order valence-electron chi connectivity index (χ1n) is 11.3. The number of aldehydes is 1. The molecule has 0 spiro atoms. The van der Waals surface area contributed by atoms with Crippen LogP contribution in [0.3, 0.4) is 0 Å². The minimum atomic E-state index is -0.327. The molecule has 29 heavy (non-hydrogen) atoms. The molecular formula is C25H34O4. The van der Waals surface area contributed by atoms with Gasteiger partial charge in [0.25, 0.3) is 0 Å². The number of rotatable bonds is 3. The summed E-state index contributed by atoms with van der Waals surface area (Å²) in [4.78, 5) is 36.0. The van der Waals surface area contributed by atoms with Gasteiger partial charge in [-0.1, -0.05) is 33.3 Å². The molecule has 158 valence electrons. The monoisotopic (exact) mass is 398 g/mol. The molecule has 0 aromatic heterocycles. The van der Waals surface area contributed by atoms with Crippen molar-refractivity contribution in [3.63, 3.8) is 0 Å². The number of ether oxygens (including phenoxy) is 1. The summed E-state index contributed by atoms with van der Waals surface area (Å²) in [5.41, 5.74) is 2.54. The molecule has 0 aromatic carbocycles. The van der Waals surface area contributed by atoms with E-state index in [1.165, 1.54) is 5.57 Å². The predicted molar refractivity (Wildman–Crippen MR) is 111 cm³/mol. The first-order chi connectivity index (χ1) is 13.7. The van der Waals surface area contributed by atoms with E-state index in [1.807, 2.05) is 6.08 Å². The number of allylic oxidation sites excluding steroid dienone is 3. The van der Waals surface area contributed by atoms with Gasteiger partial charge in [0.15, 0.2) is 17.8 Å². The second-order valence-corrected chi connectivity index (χ2v) is 10.5. The zero-order valence-corrected chi connectivity index (χ0v) is 18.3. The molecule has 0 unspecified atom stereocenters. The van der Waals surface area contributed by atoms with E-state index in [0.29, 0.717) is 30.0 Å². The highest BCUT2D eigenvalue weighted by Crippen LogP contribution is 2.66. The summed E-state index contributed by atoms with van der Waals surface area (Å²) in [5, 5.41) is 0. The van der Waals surface area contributed by atoms with Gasteiger partial charge in [0.1, 0.15) is 0 Å². The number of carbonyl (C=O) groups excluding carboxylic acids is 3. The van der Waals surface area contributed by atoms with Gasteiger partial charge in [-0.15, -0.1) is 0 Å². The maximum Gasteiger partial charge on any atom is 0.313 e. The van der Waals surface area contributed by atoms with Gasteiger partial charge in [-0.2, -0.15) is 0 Å². The van der Waals surface area contributed by atoms with Gasteiger partial charge in [0.05, 0.1) is 5.92 Å². The predicted octanol–water partition coefficient (Wildman–Crippen LogP) is 5.17. The number of carbonyl (C=O) groups is 3. The molecular weight excluding hydrogens is 364 g/mol. The number of ketones is 1. The smallest absolute Gasteiger partial charge is 0.313 e. The van der Waals surface area contributed by atoms with Crippen LogP contribution in [0.5, 0.6) is 0 Å². The highest BCUT2D eigenvalue weighted by molar-refractivity contribution is 5.91. The summed E-state index contributed by atoms with van der Waals surface area (Å²) in [6.07, 6.45) is 10.6. The minimum absolute atomic E-state index is 0.0588. The molecule has 4 nitrogen and oxygen atoms in total. The summed E-state index contributed by atoms with van der Waals surface area (Å²) < 4.78 is 5.54. The third-order valence-corrected chi connectivity index (χ3v) is 8.83. The van der Waals surface area contributed by atoms with Gasteiger partial charge in [-0.25, -0.2) is 0 Å². The molecule has 3 fully saturated rings. The number of fused-ring (bicyclic) bond motifs is 5. The molecule has 5 atom stereocenters. The van der Waals surface area contributed by atoms with Crippen molar-refractivity contribution in [1.82, 2.24) is 0 Å². The lowest BCUT2D eigenvalue weighted by atomic mass is 9.47. The Kier molecular flexibility index (Phi) is 5.11. The molecule has 3 saturated carbocycles. The van der Waals surface area contributed by atoms with Crippen LogP contribution in [0.25, 0.3) is 0 Å². The van der Waals surface area contributed by atoms with Gasteiger partial charge in [-0.05, 0) is 85.2 Å². The zero-order valence-electron chi connectivity index (χ0n) is 18.3. The van der Waals surface area contributed by atoms with Crippen molar-refractivity contribution < 1.29 is 19.1 Å². The highest BCUT2D eigenvalue weighted by atomic mass is 16.5. The lowest BCUT2D eigenvalue weighted by Crippen LogP contribution is -2.49. The maximum atomic E-state index is 12.1. The van der Waals surface area contributed by atoms with Crippen LogP contribution >= 0.6 is 0 Å². The van der Waals surface area contributed by atoms with Gasteiger partial charge in [-0.3, -0.25) is 14.4 Å². The Morgan fingerprint density at radius 1 is 1.07 bits per heavy atom. The molecule has 4 aliphatic carbocycles. The fourth-order valence-corrected chi connectivity index (χ4v) is 7.16. The molecule has 0 amide bonds. The minimum Gasteiger partial charge on any atom is -0.423 e. The van der Waals surface area contributed by atoms with Crippen LogP contribution in [0, 0.1) is 34.5 Å². The van der Waals surface area contributed by atoms with Gasteiger partial charge in [0, 0.05) is 6.42 Å². The molecule has 0 aliphatic heterocycles. The number of esters is 1. The van der Waals surface area contributed by atoms with Crippen molar-refractivity contribution in [1.29, 1.82) is 0 Å². The van der Waals surface area contributed by atoms with Crippen molar-refractivity contribution in [2.45, 2.75) is 79.1 Å². The van der Waals surface area contributed by atoms with Crippen molar-refractivity contribution in [3.8, 4) is 0 Å². The Morgan fingerprint density at radius 2 is 1.79 bits per heavy atom. The molecule has 0 N–H and O–H groups in total. The van der Waals surface area contributed by atoms with E-state index in [-0.39, 0.29) is 28.5 Å². The Bertz CT molecular complexity index is 804. The number of hydrogen-bond donors (Lipinski definition) is 0. The fraction of sp³-hybridized carbons (Fsp3) is 0.720. The second kappa shape index (κ2) is 7.21. The lowest BCUT2D eigenvalue weighted by molar-refractivity contribution is -0.144. The van der Waals surface area contributed by atoms with E-state index in [4.69, 9.17) is 4.74 Å². The van der Waals surface area contributed by atoms with E-state index < -0.39 is 0 Å². The molecule has 0 saturated heterocycles. The van der Waals surface area contributed by atoms with Gasteiger partial charge < -0.3 is 4.74 Å². The third-order valence-electron chi connectivity index (χ3n) is 8.83. The summed E-state index contributed by atoms with van der Waals surface area (Å²) >= 11 is 0. The quantitative estimate of drug-likeness (QED) is 0.285. The normalized spacial score (nSPS) is 40.5. The van der Waals surface area contributed by atoms with Gasteiger partial charge in [0.2, 0.25) is 0 Å². The van der Waals surface area contributed by atoms with Crippen LogP contribution in [0.4, 0.5) is 0 Å². The summed E-state index contributed by atoms with van der Waals surface area (Å²) in [6, 6.07) is 0. The lowest BCUT2D eigenvalue weighted by Gasteiger charge is -2.57. The first kappa shape index (κ1) is 20.6. The van der Waals surface area contributed by atoms with Crippen molar-refractivity contribution in [2.75, 3.05) is 0 Å². The van der Waals surface area contributed by atoms with Crippen molar-refractivity contribution in [2.24, 2.45) is 34.5 Å². The van der Waals surface area contributed by atoms with Crippen molar-refractivity contribution in [3.05, 3.63) is 23.0 Å². The van der Waals surface area contributed by atoms with Crippen LogP contribution in [-0.4, -0.2) is 18.0 Å². The fourth-order valence-electron chi connectivity index (χ4n) is 7.16. The molecule has 4 heteroatoms. The zero-order chi connectivity index (χ0) is 21.0. The third kappa shape index (κ3) is 3.14. The second-order valence-electron chi connectivity index (χ2n) is 10.5. The van der Waals surface area contributed by atoms with E-state index in [2.05, 4.69) is 13.8 Å². The summed E-state index contributed by atoms with van der Waals surface area (Å²) in [5.74, 6) is 1.76. The molecule has 0 heterocycles. The highest BCUT2D eigenvalue weighted by Gasteiger charge is 2.58. The Morgan fingerprint density at radius 3 is 2.48 bits per heavy atom. The van der Waals surface area contributed by atoms with E-state index >= 15 is 0 Å². The Labute approximate surface area is 174 Å². The Balaban J connectivity index is 1.64. The van der Waals surface area contributed by atoms with Crippen LogP contribution in [0.1, 0.15) is 79.1 Å². The number of hydrogen-bond acceptors (Lipinski definition) is 4. The maximum absolute atomic E-state index is 12.1. The first-order valence-corrected chi connectivity index (χ1v) is 11.3. The molecule has 0 aromatic rings. The Hall–Kier alpha value is -1.71.